The molecule has 0 bridgehead atoms. The van der Waals surface area contributed by atoms with Crippen molar-refractivity contribution in [3.63, 3.8) is 0 Å². The number of hydrogen-bond acceptors (Lipinski definition) is 3. The summed E-state index contributed by atoms with van der Waals surface area (Å²) >= 11 is 1.82. The third-order valence-corrected chi connectivity index (χ3v) is 4.61. The van der Waals surface area contributed by atoms with Gasteiger partial charge in [0.25, 0.3) is 0 Å². The van der Waals surface area contributed by atoms with Crippen LogP contribution in [0.25, 0.3) is 0 Å². The Kier molecular flexibility index (Phi) is 5.40. The molecule has 1 amide bonds. The lowest BCUT2D eigenvalue weighted by molar-refractivity contribution is -0.122. The number of amides is 1. The van der Waals surface area contributed by atoms with Crippen molar-refractivity contribution < 1.29 is 4.79 Å². The minimum atomic E-state index is 0.203. The summed E-state index contributed by atoms with van der Waals surface area (Å²) in [7, 11) is 0. The van der Waals surface area contributed by atoms with Gasteiger partial charge in [-0.2, -0.15) is 0 Å². The highest BCUT2D eigenvalue weighted by molar-refractivity contribution is 7.11. The maximum Gasteiger partial charge on any atom is 0.220 e. The van der Waals surface area contributed by atoms with Crippen LogP contribution in [0.5, 0.6) is 0 Å². The van der Waals surface area contributed by atoms with Crippen molar-refractivity contribution in [1.29, 1.82) is 0 Å². The molecule has 0 aliphatic carbocycles. The summed E-state index contributed by atoms with van der Waals surface area (Å²) in [4.78, 5) is 14.7. The fraction of sp³-hybridized carbons (Fsp3) is 0.667. The van der Waals surface area contributed by atoms with Crippen LogP contribution in [0.3, 0.4) is 0 Å². The largest absolute Gasteiger partial charge is 0.353 e. The minimum Gasteiger partial charge on any atom is -0.353 e. The van der Waals surface area contributed by atoms with Gasteiger partial charge in [-0.1, -0.05) is 0 Å². The summed E-state index contributed by atoms with van der Waals surface area (Å²) in [6, 6.07) is 4.53. The van der Waals surface area contributed by atoms with E-state index in [1.54, 1.807) is 0 Å². The quantitative estimate of drug-likeness (QED) is 0.870. The van der Waals surface area contributed by atoms with Crippen molar-refractivity contribution in [2.45, 2.75) is 45.6 Å². The molecule has 2 unspecified atom stereocenters. The van der Waals surface area contributed by atoms with E-state index in [9.17, 15) is 4.79 Å². The second kappa shape index (κ2) is 7.06. The molecule has 1 fully saturated rings. The number of carbonyl (C=O) groups is 1. The molecule has 4 heteroatoms. The van der Waals surface area contributed by atoms with Crippen LogP contribution in [0, 0.1) is 12.8 Å². The topological polar surface area (TPSA) is 41.1 Å². The highest BCUT2D eigenvalue weighted by Gasteiger charge is 2.17. The molecule has 1 saturated heterocycles. The van der Waals surface area contributed by atoms with E-state index >= 15 is 0 Å². The van der Waals surface area contributed by atoms with Gasteiger partial charge in [0.2, 0.25) is 5.91 Å². The van der Waals surface area contributed by atoms with Gasteiger partial charge in [-0.05, 0) is 57.8 Å². The standard InChI is InChI=1S/C15H24N2OS/c1-11(8-14-6-5-12(2)19-14)17-15(18)9-13-4-3-7-16-10-13/h5-6,11,13,16H,3-4,7-10H2,1-2H3,(H,17,18). The van der Waals surface area contributed by atoms with Crippen LogP contribution in [0.4, 0.5) is 0 Å². The Hall–Kier alpha value is -0.870. The fourth-order valence-corrected chi connectivity index (χ4v) is 3.66. The molecule has 2 atom stereocenters. The maximum absolute atomic E-state index is 12.0. The van der Waals surface area contributed by atoms with Crippen LogP contribution in [0.15, 0.2) is 12.1 Å². The van der Waals surface area contributed by atoms with E-state index in [1.807, 2.05) is 11.3 Å². The average Bonchev–Trinajstić information content (AvgIpc) is 2.75. The summed E-state index contributed by atoms with van der Waals surface area (Å²) in [6.45, 7) is 6.30. The molecule has 0 spiro atoms. The van der Waals surface area contributed by atoms with Gasteiger partial charge in [0.15, 0.2) is 0 Å². The van der Waals surface area contributed by atoms with Gasteiger partial charge in [-0.15, -0.1) is 11.3 Å². The SMILES string of the molecule is Cc1ccc(CC(C)NC(=O)CC2CCCNC2)s1. The Bertz CT molecular complexity index is 410. The number of piperidine rings is 1. The zero-order valence-corrected chi connectivity index (χ0v) is 12.7. The second-order valence-corrected chi connectivity index (χ2v) is 6.97. The molecule has 2 heterocycles. The van der Waals surface area contributed by atoms with E-state index in [2.05, 4.69) is 36.6 Å². The summed E-state index contributed by atoms with van der Waals surface area (Å²) in [6.07, 6.45) is 3.98. The molecule has 3 nitrogen and oxygen atoms in total. The average molecular weight is 280 g/mol. The molecule has 0 radical (unpaired) electrons. The number of nitrogens with one attached hydrogen (secondary N) is 2. The van der Waals surface area contributed by atoms with Crippen LogP contribution in [-0.2, 0) is 11.2 Å². The van der Waals surface area contributed by atoms with Crippen molar-refractivity contribution >= 4 is 17.2 Å². The van der Waals surface area contributed by atoms with Gasteiger partial charge in [0.05, 0.1) is 0 Å². The Morgan fingerprint density at radius 3 is 3.05 bits per heavy atom. The van der Waals surface area contributed by atoms with Crippen molar-refractivity contribution in [2.24, 2.45) is 5.92 Å². The molecule has 1 aromatic heterocycles. The zero-order valence-electron chi connectivity index (χ0n) is 11.9. The van der Waals surface area contributed by atoms with E-state index in [4.69, 9.17) is 0 Å². The first kappa shape index (κ1) is 14.5. The van der Waals surface area contributed by atoms with Crippen LogP contribution in [-0.4, -0.2) is 25.0 Å². The highest BCUT2D eigenvalue weighted by atomic mass is 32.1. The van der Waals surface area contributed by atoms with Gasteiger partial charge in [0, 0.05) is 28.6 Å². The smallest absolute Gasteiger partial charge is 0.220 e. The first-order valence-corrected chi connectivity index (χ1v) is 8.00. The van der Waals surface area contributed by atoms with Gasteiger partial charge in [-0.3, -0.25) is 4.79 Å². The second-order valence-electron chi connectivity index (χ2n) is 5.60. The zero-order chi connectivity index (χ0) is 13.7. The van der Waals surface area contributed by atoms with E-state index in [1.165, 1.54) is 22.6 Å². The number of hydrogen-bond donors (Lipinski definition) is 2. The van der Waals surface area contributed by atoms with Crippen molar-refractivity contribution in [3.05, 3.63) is 21.9 Å². The molecule has 2 rings (SSSR count). The molecule has 1 aliphatic heterocycles. The molecule has 2 N–H and O–H groups in total. The molecular weight excluding hydrogens is 256 g/mol. The molecule has 0 aromatic carbocycles. The summed E-state index contributed by atoms with van der Waals surface area (Å²) in [5.41, 5.74) is 0. The van der Waals surface area contributed by atoms with E-state index < -0.39 is 0 Å². The van der Waals surface area contributed by atoms with Gasteiger partial charge >= 0.3 is 0 Å². The lowest BCUT2D eigenvalue weighted by Crippen LogP contribution is -2.38. The van der Waals surface area contributed by atoms with Crippen LogP contribution >= 0.6 is 11.3 Å². The number of carbonyl (C=O) groups excluding carboxylic acids is 1. The fourth-order valence-electron chi connectivity index (χ4n) is 2.64. The lowest BCUT2D eigenvalue weighted by Gasteiger charge is -2.23. The third-order valence-electron chi connectivity index (χ3n) is 3.58. The summed E-state index contributed by atoms with van der Waals surface area (Å²) < 4.78 is 0. The van der Waals surface area contributed by atoms with Crippen molar-refractivity contribution in [3.8, 4) is 0 Å². The molecule has 1 aliphatic rings. The number of thiophene rings is 1. The van der Waals surface area contributed by atoms with Gasteiger partial charge in [-0.25, -0.2) is 0 Å². The molecule has 1 aromatic rings. The molecule has 106 valence electrons. The highest BCUT2D eigenvalue weighted by Crippen LogP contribution is 2.17. The van der Waals surface area contributed by atoms with Crippen molar-refractivity contribution in [2.75, 3.05) is 13.1 Å². The lowest BCUT2D eigenvalue weighted by atomic mass is 9.96. The first-order valence-electron chi connectivity index (χ1n) is 7.19. The van der Waals surface area contributed by atoms with Crippen molar-refractivity contribution in [1.82, 2.24) is 10.6 Å². The van der Waals surface area contributed by atoms with E-state index in [-0.39, 0.29) is 11.9 Å². The maximum atomic E-state index is 12.0. The summed E-state index contributed by atoms with van der Waals surface area (Å²) in [5.74, 6) is 0.722. The van der Waals surface area contributed by atoms with E-state index in [0.29, 0.717) is 12.3 Å². The first-order chi connectivity index (χ1) is 9.13. The molecular formula is C15H24N2OS. The number of rotatable bonds is 5. The predicted molar refractivity (Wildman–Crippen MR) is 80.6 cm³/mol. The molecule has 19 heavy (non-hydrogen) atoms. The Morgan fingerprint density at radius 2 is 2.42 bits per heavy atom. The predicted octanol–water partition coefficient (Wildman–Crippen LogP) is 2.49. The number of aryl methyl sites for hydroxylation is 1. The Labute approximate surface area is 119 Å². The Morgan fingerprint density at radius 1 is 1.58 bits per heavy atom. The van der Waals surface area contributed by atoms with Gasteiger partial charge < -0.3 is 10.6 Å². The van der Waals surface area contributed by atoms with Crippen LogP contribution in [0.1, 0.15) is 35.9 Å². The van der Waals surface area contributed by atoms with E-state index in [0.717, 1.165) is 19.5 Å². The third kappa shape index (κ3) is 4.96. The monoisotopic (exact) mass is 280 g/mol. The molecule has 0 saturated carbocycles. The minimum absolute atomic E-state index is 0.203. The van der Waals surface area contributed by atoms with Crippen LogP contribution < -0.4 is 10.6 Å². The summed E-state index contributed by atoms with van der Waals surface area (Å²) in [5, 5.41) is 6.48. The van der Waals surface area contributed by atoms with Gasteiger partial charge in [0.1, 0.15) is 0 Å². The van der Waals surface area contributed by atoms with Crippen LogP contribution in [0.2, 0.25) is 0 Å². The normalized spacial score (nSPS) is 21.1. The Balaban J connectivity index is 1.71.